The van der Waals surface area contributed by atoms with Gasteiger partial charge in [-0.05, 0) is 37.1 Å². The van der Waals surface area contributed by atoms with E-state index in [0.29, 0.717) is 18.1 Å². The van der Waals surface area contributed by atoms with E-state index in [1.54, 1.807) is 6.33 Å². The van der Waals surface area contributed by atoms with Crippen molar-refractivity contribution in [3.8, 4) is 16.8 Å². The van der Waals surface area contributed by atoms with Crippen molar-refractivity contribution < 1.29 is 9.53 Å². The van der Waals surface area contributed by atoms with Crippen molar-refractivity contribution in [3.63, 3.8) is 0 Å². The number of benzene rings is 2. The van der Waals surface area contributed by atoms with Crippen molar-refractivity contribution in [2.45, 2.75) is 30.5 Å². The Kier molecular flexibility index (Phi) is 6.59. The molecule has 1 atom stereocenters. The van der Waals surface area contributed by atoms with Crippen LogP contribution in [0.25, 0.3) is 27.8 Å². The fraction of sp³-hybridized carbons (Fsp3) is 0.208. The summed E-state index contributed by atoms with van der Waals surface area (Å²) in [6.45, 7) is 4.15. The zero-order valence-electron chi connectivity index (χ0n) is 17.3. The Bertz CT molecular complexity index is 1210. The summed E-state index contributed by atoms with van der Waals surface area (Å²) in [6.07, 6.45) is 4.23. The molecule has 0 aliphatic heterocycles. The van der Waals surface area contributed by atoms with E-state index in [9.17, 15) is 4.79 Å². The zero-order chi connectivity index (χ0) is 21.8. The van der Waals surface area contributed by atoms with Crippen LogP contribution >= 0.6 is 23.4 Å². The van der Waals surface area contributed by atoms with Crippen molar-refractivity contribution >= 4 is 40.4 Å². The highest BCUT2D eigenvalue weighted by Gasteiger charge is 2.24. The van der Waals surface area contributed by atoms with Crippen LogP contribution in [0.2, 0.25) is 5.02 Å². The fourth-order valence-electron chi connectivity index (χ4n) is 3.45. The summed E-state index contributed by atoms with van der Waals surface area (Å²) in [5.41, 5.74) is 3.72. The third-order valence-corrected chi connectivity index (χ3v) is 6.47. The van der Waals surface area contributed by atoms with Crippen LogP contribution in [-0.2, 0) is 9.53 Å². The quantitative estimate of drug-likeness (QED) is 0.191. The molecule has 0 saturated carbocycles. The largest absolute Gasteiger partial charge is 0.465 e. The number of aromatic nitrogens is 3. The number of thioether (sulfide) groups is 1. The second-order valence-corrected chi connectivity index (χ2v) is 8.53. The molecule has 0 unspecified atom stereocenters. The molecule has 0 aliphatic rings. The summed E-state index contributed by atoms with van der Waals surface area (Å²) in [7, 11) is 0. The lowest BCUT2D eigenvalue weighted by Gasteiger charge is -2.13. The Morgan fingerprint density at radius 2 is 1.94 bits per heavy atom. The van der Waals surface area contributed by atoms with Gasteiger partial charge in [0.2, 0.25) is 0 Å². The Hall–Kier alpha value is -2.83. The second-order valence-electron chi connectivity index (χ2n) is 6.90. The molecule has 31 heavy (non-hydrogen) atoms. The van der Waals surface area contributed by atoms with Crippen LogP contribution in [0.3, 0.4) is 0 Å². The number of carbonyl (C=O) groups is 1. The summed E-state index contributed by atoms with van der Waals surface area (Å²) >= 11 is 7.67. The van der Waals surface area contributed by atoms with Gasteiger partial charge in [-0.1, -0.05) is 66.7 Å². The summed E-state index contributed by atoms with van der Waals surface area (Å²) in [6, 6.07) is 17.7. The van der Waals surface area contributed by atoms with Crippen LogP contribution in [-0.4, -0.2) is 32.4 Å². The van der Waals surface area contributed by atoms with Gasteiger partial charge >= 0.3 is 5.97 Å². The summed E-state index contributed by atoms with van der Waals surface area (Å²) < 4.78 is 7.27. The molecule has 0 aliphatic carbocycles. The lowest BCUT2D eigenvalue weighted by atomic mass is 10.1. The van der Waals surface area contributed by atoms with Gasteiger partial charge in [-0.25, -0.2) is 9.97 Å². The molecule has 0 N–H and O–H groups in total. The molecule has 2 aromatic carbocycles. The third kappa shape index (κ3) is 4.45. The van der Waals surface area contributed by atoms with E-state index in [1.807, 2.05) is 60.9 Å². The number of fused-ring (bicyclic) bond motifs is 1. The van der Waals surface area contributed by atoms with Crippen LogP contribution in [0.4, 0.5) is 0 Å². The lowest BCUT2D eigenvalue weighted by molar-refractivity contribution is -0.142. The van der Waals surface area contributed by atoms with Gasteiger partial charge in [0, 0.05) is 22.5 Å². The first kappa shape index (κ1) is 21.4. The average Bonchev–Trinajstić information content (AvgIpc) is 3.19. The van der Waals surface area contributed by atoms with Gasteiger partial charge in [0.25, 0.3) is 0 Å². The van der Waals surface area contributed by atoms with E-state index in [4.69, 9.17) is 16.3 Å². The molecule has 4 rings (SSSR count). The molecule has 7 heteroatoms. The first-order valence-corrected chi connectivity index (χ1v) is 11.4. The Balaban J connectivity index is 1.91. The van der Waals surface area contributed by atoms with Gasteiger partial charge in [0.05, 0.1) is 12.0 Å². The van der Waals surface area contributed by atoms with Crippen molar-refractivity contribution in [2.75, 3.05) is 6.61 Å². The number of esters is 1. The van der Waals surface area contributed by atoms with E-state index in [-0.39, 0.29) is 11.2 Å². The SMILES string of the molecule is CCOC(=O)[C@H](CC)Sc1ncnc2c1c(-c1ccccc1)cn2-c1cccc(Cl)c1. The maximum absolute atomic E-state index is 12.4. The molecule has 0 radical (unpaired) electrons. The number of carbonyl (C=O) groups excluding carboxylic acids is 1. The van der Waals surface area contributed by atoms with Gasteiger partial charge in [-0.2, -0.15) is 0 Å². The first-order chi connectivity index (χ1) is 15.1. The Morgan fingerprint density at radius 3 is 2.65 bits per heavy atom. The number of nitrogens with zero attached hydrogens (tertiary/aromatic N) is 3. The standard InChI is InChI=1S/C24H22ClN3O2S/c1-3-20(24(29)30-4-2)31-23-21-19(16-9-6-5-7-10-16)14-28(22(21)26-15-27-23)18-12-8-11-17(25)13-18/h5-15,20H,3-4H2,1-2H3/t20-/m0/s1. The van der Waals surface area contributed by atoms with Gasteiger partial charge in [0.15, 0.2) is 0 Å². The highest BCUT2D eigenvalue weighted by molar-refractivity contribution is 8.00. The minimum absolute atomic E-state index is 0.225. The number of ether oxygens (including phenoxy) is 1. The van der Waals surface area contributed by atoms with Crippen molar-refractivity contribution in [1.29, 1.82) is 0 Å². The Morgan fingerprint density at radius 1 is 1.13 bits per heavy atom. The highest BCUT2D eigenvalue weighted by atomic mass is 35.5. The summed E-state index contributed by atoms with van der Waals surface area (Å²) in [4.78, 5) is 21.6. The molecule has 158 valence electrons. The number of hydrogen-bond acceptors (Lipinski definition) is 5. The first-order valence-electron chi connectivity index (χ1n) is 10.1. The van der Waals surface area contributed by atoms with Crippen molar-refractivity contribution in [1.82, 2.24) is 14.5 Å². The Labute approximate surface area is 190 Å². The summed E-state index contributed by atoms with van der Waals surface area (Å²) in [5, 5.41) is 1.97. The molecule has 0 saturated heterocycles. The molecule has 0 bridgehead atoms. The van der Waals surface area contributed by atoms with E-state index in [0.717, 1.165) is 32.9 Å². The lowest BCUT2D eigenvalue weighted by Crippen LogP contribution is -2.19. The zero-order valence-corrected chi connectivity index (χ0v) is 18.9. The smallest absolute Gasteiger partial charge is 0.319 e. The molecule has 4 aromatic rings. The predicted octanol–water partition coefficient (Wildman–Crippen LogP) is 6.17. The van der Waals surface area contributed by atoms with Gasteiger partial charge in [-0.3, -0.25) is 4.79 Å². The average molecular weight is 452 g/mol. The molecular formula is C24H22ClN3O2S. The maximum atomic E-state index is 12.4. The summed E-state index contributed by atoms with van der Waals surface area (Å²) in [5.74, 6) is -0.225. The maximum Gasteiger partial charge on any atom is 0.319 e. The number of rotatable bonds is 7. The molecule has 0 spiro atoms. The van der Waals surface area contributed by atoms with Gasteiger partial charge in [-0.15, -0.1) is 0 Å². The van der Waals surface area contributed by atoms with Crippen LogP contribution in [0.15, 0.2) is 72.1 Å². The number of halogens is 1. The minimum atomic E-state index is -0.337. The molecule has 2 heterocycles. The molecule has 0 amide bonds. The van der Waals surface area contributed by atoms with Gasteiger partial charge < -0.3 is 9.30 Å². The highest BCUT2D eigenvalue weighted by Crippen LogP contribution is 2.38. The van der Waals surface area contributed by atoms with Crippen molar-refractivity contribution in [3.05, 3.63) is 72.1 Å². The van der Waals surface area contributed by atoms with Crippen molar-refractivity contribution in [2.24, 2.45) is 0 Å². The topological polar surface area (TPSA) is 57.0 Å². The van der Waals surface area contributed by atoms with Gasteiger partial charge in [0.1, 0.15) is 22.3 Å². The molecule has 0 fully saturated rings. The molecular weight excluding hydrogens is 430 g/mol. The monoisotopic (exact) mass is 451 g/mol. The normalized spacial score (nSPS) is 12.1. The fourth-order valence-corrected chi connectivity index (χ4v) is 4.66. The van der Waals surface area contributed by atoms with Crippen LogP contribution in [0, 0.1) is 0 Å². The van der Waals surface area contributed by atoms with E-state index in [2.05, 4.69) is 28.3 Å². The van der Waals surface area contributed by atoms with Crippen LogP contribution < -0.4 is 0 Å². The number of hydrogen-bond donors (Lipinski definition) is 0. The van der Waals surface area contributed by atoms with Crippen LogP contribution in [0.5, 0.6) is 0 Å². The van der Waals surface area contributed by atoms with E-state index in [1.165, 1.54) is 11.8 Å². The molecule has 2 aromatic heterocycles. The minimum Gasteiger partial charge on any atom is -0.465 e. The van der Waals surface area contributed by atoms with E-state index < -0.39 is 0 Å². The third-order valence-electron chi connectivity index (χ3n) is 4.89. The molecule has 5 nitrogen and oxygen atoms in total. The van der Waals surface area contributed by atoms with Crippen LogP contribution in [0.1, 0.15) is 20.3 Å². The van der Waals surface area contributed by atoms with E-state index >= 15 is 0 Å². The predicted molar refractivity (Wildman–Crippen MR) is 126 cm³/mol. The second kappa shape index (κ2) is 9.54.